The standard InChI is InChI=1S/C44H35Cl2N5O/c45-33-16-6-1-11-26(33)21-28-23-47-25-43(42(28)52)39(31-14-3-7-17-34(31)46)38(22-27-24-48-35-18-8-4-12-29(27)35)51-44(43)32-15-5-2-13-30(32)40-41(44)50-37-20-10-9-19-36(37)49-40/h1-21,24,38-41,47-48,51H,22-23,25H2/b28-21+. The van der Waals surface area contributed by atoms with Gasteiger partial charge in [-0.25, -0.2) is 0 Å². The van der Waals surface area contributed by atoms with Gasteiger partial charge in [-0.3, -0.25) is 14.8 Å². The highest BCUT2D eigenvalue weighted by molar-refractivity contribution is 6.32. The van der Waals surface area contributed by atoms with E-state index in [0.29, 0.717) is 35.1 Å². The molecule has 2 saturated heterocycles. The summed E-state index contributed by atoms with van der Waals surface area (Å²) in [4.78, 5) is 30.6. The molecule has 52 heavy (non-hydrogen) atoms. The zero-order valence-corrected chi connectivity index (χ0v) is 29.7. The summed E-state index contributed by atoms with van der Waals surface area (Å²) in [6.45, 7) is 0.845. The predicted octanol–water partition coefficient (Wildman–Crippen LogP) is 7.29. The van der Waals surface area contributed by atoms with Crippen LogP contribution in [0, 0.1) is 5.41 Å². The van der Waals surface area contributed by atoms with Crippen LogP contribution in [0.4, 0.5) is 0 Å². The molecule has 5 aromatic carbocycles. The third kappa shape index (κ3) is 4.48. The van der Waals surface area contributed by atoms with Crippen LogP contribution in [0.25, 0.3) is 17.0 Å². The maximum absolute atomic E-state index is 16.1. The minimum absolute atomic E-state index is 0.0783. The van der Waals surface area contributed by atoms with Gasteiger partial charge in [0.15, 0.2) is 5.78 Å². The molecule has 8 heteroatoms. The molecule has 6 nitrogen and oxygen atoms in total. The summed E-state index contributed by atoms with van der Waals surface area (Å²) in [6, 6.07) is 39.8. The lowest BCUT2D eigenvalue weighted by Gasteiger charge is -2.51. The zero-order valence-electron chi connectivity index (χ0n) is 28.2. The molecule has 10 rings (SSSR count). The van der Waals surface area contributed by atoms with E-state index < -0.39 is 17.0 Å². The summed E-state index contributed by atoms with van der Waals surface area (Å²) in [7, 11) is 0. The Morgan fingerprint density at radius 3 is 2.29 bits per heavy atom. The number of nitrogens with one attached hydrogen (secondary N) is 3. The first-order valence-electron chi connectivity index (χ1n) is 17.9. The molecule has 3 aliphatic heterocycles. The maximum atomic E-state index is 16.1. The molecule has 2 spiro atoms. The van der Waals surface area contributed by atoms with Gasteiger partial charge in [0.25, 0.3) is 0 Å². The Morgan fingerprint density at radius 1 is 0.769 bits per heavy atom. The van der Waals surface area contributed by atoms with E-state index in [0.717, 1.165) is 38.5 Å². The van der Waals surface area contributed by atoms with Crippen LogP contribution in [0.15, 0.2) is 143 Å². The average Bonchev–Trinajstić information content (AvgIpc) is 3.80. The minimum atomic E-state index is -1.07. The first kappa shape index (κ1) is 31.9. The number of nitrogens with zero attached hydrogens (tertiary/aromatic N) is 2. The number of rotatable bonds is 4. The third-order valence-corrected chi connectivity index (χ3v) is 12.6. The van der Waals surface area contributed by atoms with E-state index in [9.17, 15) is 0 Å². The molecule has 0 bridgehead atoms. The molecule has 4 aliphatic rings. The number of carbonyl (C=O) groups is 1. The number of fused-ring (bicyclic) bond motifs is 8. The smallest absolute Gasteiger partial charge is 0.170 e. The van der Waals surface area contributed by atoms with Gasteiger partial charge in [-0.15, -0.1) is 0 Å². The Kier molecular flexibility index (Phi) is 7.42. The second-order valence-electron chi connectivity index (χ2n) is 14.4. The molecular weight excluding hydrogens is 685 g/mol. The van der Waals surface area contributed by atoms with Crippen molar-refractivity contribution in [2.24, 2.45) is 15.4 Å². The molecule has 4 heterocycles. The molecule has 0 radical (unpaired) electrons. The lowest BCUT2D eigenvalue weighted by atomic mass is 9.54. The summed E-state index contributed by atoms with van der Waals surface area (Å²) in [5, 5.41) is 12.2. The second-order valence-corrected chi connectivity index (χ2v) is 15.3. The van der Waals surface area contributed by atoms with E-state index in [4.69, 9.17) is 33.2 Å². The van der Waals surface area contributed by atoms with Gasteiger partial charge in [-0.05, 0) is 70.6 Å². The van der Waals surface area contributed by atoms with Gasteiger partial charge in [0.2, 0.25) is 0 Å². The fourth-order valence-electron chi connectivity index (χ4n) is 9.95. The first-order chi connectivity index (χ1) is 25.5. The maximum Gasteiger partial charge on any atom is 0.170 e. The van der Waals surface area contributed by atoms with E-state index in [-0.39, 0.29) is 23.8 Å². The number of halogens is 2. The Hall–Kier alpha value is -4.85. The summed E-state index contributed by atoms with van der Waals surface area (Å²) in [5.74, 6) is -0.265. The number of aromatic nitrogens is 1. The normalized spacial score (nSPS) is 28.1. The SMILES string of the molecule is O=C1/C(=C/c2ccccc2Cl)CNCC12C(c1ccccc1Cl)C(Cc1c[nH]c3ccccc13)NC21c2ccccc2C2N=c3ccccc3=NC21. The van der Waals surface area contributed by atoms with Crippen molar-refractivity contribution in [1.29, 1.82) is 0 Å². The van der Waals surface area contributed by atoms with E-state index in [2.05, 4.69) is 70.3 Å². The van der Waals surface area contributed by atoms with Gasteiger partial charge < -0.3 is 15.6 Å². The molecule has 3 N–H and O–H groups in total. The molecule has 2 fully saturated rings. The van der Waals surface area contributed by atoms with Crippen LogP contribution in [0.1, 0.15) is 39.8 Å². The number of piperidine rings is 1. The van der Waals surface area contributed by atoms with Crippen molar-refractivity contribution in [3.63, 3.8) is 0 Å². The molecule has 6 unspecified atom stereocenters. The van der Waals surface area contributed by atoms with Gasteiger partial charge >= 0.3 is 0 Å². The Morgan fingerprint density at radius 2 is 1.46 bits per heavy atom. The van der Waals surface area contributed by atoms with Crippen molar-refractivity contribution in [2.75, 3.05) is 13.1 Å². The number of Topliss-reactive ketones (excluding diaryl/α,β-unsaturated/α-hetero) is 1. The lowest BCUT2D eigenvalue weighted by Crippen LogP contribution is -2.66. The van der Waals surface area contributed by atoms with Crippen molar-refractivity contribution in [3.05, 3.63) is 182 Å². The largest absolute Gasteiger partial charge is 0.361 e. The highest BCUT2D eigenvalue weighted by Gasteiger charge is 2.75. The third-order valence-electron chi connectivity index (χ3n) is 11.9. The van der Waals surface area contributed by atoms with Gasteiger partial charge in [0.1, 0.15) is 12.1 Å². The van der Waals surface area contributed by atoms with Gasteiger partial charge in [-0.2, -0.15) is 0 Å². The number of hydrogen-bond donors (Lipinski definition) is 3. The van der Waals surface area contributed by atoms with Crippen molar-refractivity contribution in [2.45, 2.75) is 36.0 Å². The first-order valence-corrected chi connectivity index (χ1v) is 18.6. The molecule has 1 aromatic heterocycles. The van der Waals surface area contributed by atoms with E-state index in [1.165, 1.54) is 10.9 Å². The lowest BCUT2D eigenvalue weighted by molar-refractivity contribution is -0.131. The summed E-state index contributed by atoms with van der Waals surface area (Å²) < 4.78 is 0. The highest BCUT2D eigenvalue weighted by Crippen LogP contribution is 2.66. The van der Waals surface area contributed by atoms with Crippen molar-refractivity contribution >= 4 is 46.0 Å². The van der Waals surface area contributed by atoms with Crippen molar-refractivity contribution < 1.29 is 4.79 Å². The van der Waals surface area contributed by atoms with Crippen LogP contribution in [0.3, 0.4) is 0 Å². The summed E-state index contributed by atoms with van der Waals surface area (Å²) >= 11 is 14.0. The molecule has 6 aromatic rings. The van der Waals surface area contributed by atoms with Crippen LogP contribution in [-0.2, 0) is 16.8 Å². The predicted molar refractivity (Wildman–Crippen MR) is 206 cm³/mol. The van der Waals surface area contributed by atoms with Crippen molar-refractivity contribution in [3.8, 4) is 0 Å². The van der Waals surface area contributed by atoms with Crippen LogP contribution < -0.4 is 21.3 Å². The number of para-hydroxylation sites is 3. The van der Waals surface area contributed by atoms with E-state index in [1.807, 2.05) is 78.9 Å². The van der Waals surface area contributed by atoms with Crippen LogP contribution in [0.5, 0.6) is 0 Å². The Bertz CT molecular complexity index is 2580. The van der Waals surface area contributed by atoms with E-state index in [1.54, 1.807) is 0 Å². The number of H-pyrrole nitrogens is 1. The van der Waals surface area contributed by atoms with Crippen LogP contribution in [-0.4, -0.2) is 35.9 Å². The quantitative estimate of drug-likeness (QED) is 0.168. The summed E-state index contributed by atoms with van der Waals surface area (Å²) in [5.41, 5.74) is 4.85. The Labute approximate surface area is 311 Å². The number of ketones is 1. The summed E-state index contributed by atoms with van der Waals surface area (Å²) in [6.07, 6.45) is 4.74. The van der Waals surface area contributed by atoms with E-state index >= 15 is 4.79 Å². The topological polar surface area (TPSA) is 81.6 Å². The fraction of sp³-hybridized carbons (Fsp3) is 0.205. The van der Waals surface area contributed by atoms with Crippen molar-refractivity contribution in [1.82, 2.24) is 15.6 Å². The van der Waals surface area contributed by atoms with Crippen LogP contribution >= 0.6 is 23.2 Å². The highest BCUT2D eigenvalue weighted by atomic mass is 35.5. The monoisotopic (exact) mass is 719 g/mol. The molecule has 0 amide bonds. The van der Waals surface area contributed by atoms with Crippen LogP contribution in [0.2, 0.25) is 10.0 Å². The number of aromatic amines is 1. The second kappa shape index (κ2) is 12.1. The number of carbonyl (C=O) groups excluding carboxylic acids is 1. The zero-order chi connectivity index (χ0) is 35.0. The fourth-order valence-corrected chi connectivity index (χ4v) is 10.4. The minimum Gasteiger partial charge on any atom is -0.361 e. The van der Waals surface area contributed by atoms with Gasteiger partial charge in [-0.1, -0.05) is 114 Å². The molecule has 256 valence electrons. The average molecular weight is 721 g/mol. The Balaban J connectivity index is 1.28. The molecule has 1 aliphatic carbocycles. The van der Waals surface area contributed by atoms with Gasteiger partial charge in [0.05, 0.1) is 21.7 Å². The molecule has 0 saturated carbocycles. The van der Waals surface area contributed by atoms with Gasteiger partial charge in [0, 0.05) is 57.8 Å². The molecule has 6 atom stereocenters. The number of hydrogen-bond acceptors (Lipinski definition) is 5. The molecular formula is C44H35Cl2N5O. The number of benzene rings is 5.